The minimum atomic E-state index is 0.297. The van der Waals surface area contributed by atoms with E-state index in [4.69, 9.17) is 10.00 Å². The molecule has 3 atom stereocenters. The Bertz CT molecular complexity index is 266. The highest BCUT2D eigenvalue weighted by molar-refractivity contribution is 4.90. The summed E-state index contributed by atoms with van der Waals surface area (Å²) in [7, 11) is 0. The zero-order chi connectivity index (χ0) is 12.1. The lowest BCUT2D eigenvalue weighted by molar-refractivity contribution is 0.113. The summed E-state index contributed by atoms with van der Waals surface area (Å²) in [4.78, 5) is 2.61. The largest absolute Gasteiger partial charge is 0.380 e. The van der Waals surface area contributed by atoms with E-state index in [0.717, 1.165) is 44.9 Å². The lowest BCUT2D eigenvalue weighted by atomic mass is 9.95. The molecule has 1 saturated carbocycles. The Morgan fingerprint density at radius 1 is 1.12 bits per heavy atom. The number of hydrogen-bond donors (Lipinski definition) is 0. The van der Waals surface area contributed by atoms with Gasteiger partial charge in [0.15, 0.2) is 0 Å². The normalized spacial score (nSPS) is 36.8. The summed E-state index contributed by atoms with van der Waals surface area (Å²) in [5, 5.41) is 9.06. The summed E-state index contributed by atoms with van der Waals surface area (Å²) < 4.78 is 5.53. The lowest BCUT2D eigenvalue weighted by Crippen LogP contribution is -2.40. The Hall–Kier alpha value is -0.590. The van der Waals surface area contributed by atoms with Gasteiger partial charge in [-0.05, 0) is 38.0 Å². The maximum Gasteiger partial charge on any atom is 0.0655 e. The van der Waals surface area contributed by atoms with Gasteiger partial charge in [-0.2, -0.15) is 5.26 Å². The summed E-state index contributed by atoms with van der Waals surface area (Å²) in [6, 6.07) is 3.13. The molecular weight excluding hydrogens is 212 g/mol. The van der Waals surface area contributed by atoms with Gasteiger partial charge in [0.2, 0.25) is 0 Å². The Morgan fingerprint density at radius 3 is 2.76 bits per heavy atom. The molecule has 0 bridgehead atoms. The molecular formula is C14H24N2O. The first-order chi connectivity index (χ1) is 8.31. The molecule has 2 fully saturated rings. The first-order valence-electron chi connectivity index (χ1n) is 7.02. The van der Waals surface area contributed by atoms with Crippen LogP contribution in [0.4, 0.5) is 0 Å². The van der Waals surface area contributed by atoms with Crippen LogP contribution in [0.2, 0.25) is 0 Å². The molecule has 0 aromatic carbocycles. The highest BCUT2D eigenvalue weighted by atomic mass is 16.5. The zero-order valence-corrected chi connectivity index (χ0v) is 10.9. The predicted octanol–water partition coefficient (Wildman–Crippen LogP) is 2.43. The number of hydrogen-bond acceptors (Lipinski definition) is 3. The van der Waals surface area contributed by atoms with Crippen molar-refractivity contribution in [2.45, 2.75) is 45.1 Å². The molecule has 1 aliphatic carbocycles. The van der Waals surface area contributed by atoms with Crippen LogP contribution in [0, 0.1) is 23.2 Å². The van der Waals surface area contributed by atoms with Crippen LogP contribution < -0.4 is 0 Å². The maximum atomic E-state index is 9.06. The van der Waals surface area contributed by atoms with Gasteiger partial charge in [0, 0.05) is 31.7 Å². The van der Waals surface area contributed by atoms with Gasteiger partial charge in [0.1, 0.15) is 0 Å². The summed E-state index contributed by atoms with van der Waals surface area (Å²) in [5.74, 6) is 1.03. The smallest absolute Gasteiger partial charge is 0.0655 e. The van der Waals surface area contributed by atoms with Crippen molar-refractivity contribution in [3.05, 3.63) is 0 Å². The summed E-state index contributed by atoms with van der Waals surface area (Å²) in [5.41, 5.74) is 0. The average molecular weight is 236 g/mol. The van der Waals surface area contributed by atoms with Crippen LogP contribution in [-0.4, -0.2) is 37.2 Å². The average Bonchev–Trinajstić information content (AvgIpc) is 2.69. The van der Waals surface area contributed by atoms with Gasteiger partial charge in [-0.15, -0.1) is 0 Å². The zero-order valence-electron chi connectivity index (χ0n) is 10.9. The lowest BCUT2D eigenvalue weighted by Gasteiger charge is -2.33. The molecule has 3 heteroatoms. The fraction of sp³-hybridized carbons (Fsp3) is 0.929. The summed E-state index contributed by atoms with van der Waals surface area (Å²) in [6.45, 7) is 6.40. The van der Waals surface area contributed by atoms with E-state index in [0.29, 0.717) is 12.0 Å². The van der Waals surface area contributed by atoms with E-state index in [1.807, 2.05) is 0 Å². The van der Waals surface area contributed by atoms with Crippen molar-refractivity contribution in [3.63, 3.8) is 0 Å². The van der Waals surface area contributed by atoms with Gasteiger partial charge in [-0.1, -0.05) is 6.92 Å². The second-order valence-corrected chi connectivity index (χ2v) is 5.53. The van der Waals surface area contributed by atoms with Crippen molar-refractivity contribution < 1.29 is 4.74 Å². The first kappa shape index (κ1) is 12.9. The quantitative estimate of drug-likeness (QED) is 0.656. The Morgan fingerprint density at radius 2 is 1.94 bits per heavy atom. The van der Waals surface area contributed by atoms with E-state index in [-0.39, 0.29) is 0 Å². The second-order valence-electron chi connectivity index (χ2n) is 5.53. The molecule has 1 heterocycles. The molecule has 0 aromatic rings. The third kappa shape index (κ3) is 3.43. The number of ether oxygens (including phenoxy) is 1. The van der Waals surface area contributed by atoms with E-state index in [2.05, 4.69) is 17.9 Å². The molecule has 96 valence electrons. The van der Waals surface area contributed by atoms with Crippen LogP contribution in [0.1, 0.15) is 39.0 Å². The topological polar surface area (TPSA) is 36.3 Å². The maximum absolute atomic E-state index is 9.06. The number of nitriles is 1. The van der Waals surface area contributed by atoms with Gasteiger partial charge in [0.25, 0.3) is 0 Å². The summed E-state index contributed by atoms with van der Waals surface area (Å²) in [6.07, 6.45) is 5.74. The molecule has 0 amide bonds. The van der Waals surface area contributed by atoms with Gasteiger partial charge >= 0.3 is 0 Å². The Labute approximate surface area is 105 Å². The van der Waals surface area contributed by atoms with Crippen molar-refractivity contribution in [2.75, 3.05) is 26.3 Å². The summed E-state index contributed by atoms with van der Waals surface area (Å²) >= 11 is 0. The van der Waals surface area contributed by atoms with E-state index in [1.54, 1.807) is 0 Å². The molecule has 3 unspecified atom stereocenters. The van der Waals surface area contributed by atoms with E-state index >= 15 is 0 Å². The molecule has 1 aliphatic heterocycles. The van der Waals surface area contributed by atoms with E-state index < -0.39 is 0 Å². The Kier molecular flexibility index (Phi) is 4.82. The molecule has 1 saturated heterocycles. The van der Waals surface area contributed by atoms with E-state index in [9.17, 15) is 0 Å². The molecule has 2 aliphatic rings. The molecule has 17 heavy (non-hydrogen) atoms. The number of rotatable bonds is 1. The Balaban J connectivity index is 1.95. The molecule has 3 nitrogen and oxygen atoms in total. The van der Waals surface area contributed by atoms with Crippen molar-refractivity contribution in [2.24, 2.45) is 11.8 Å². The van der Waals surface area contributed by atoms with Crippen molar-refractivity contribution in [1.82, 2.24) is 4.90 Å². The van der Waals surface area contributed by atoms with E-state index in [1.165, 1.54) is 19.4 Å². The van der Waals surface area contributed by atoms with Crippen LogP contribution in [0.3, 0.4) is 0 Å². The third-order valence-electron chi connectivity index (χ3n) is 4.35. The first-order valence-corrected chi connectivity index (χ1v) is 7.02. The monoisotopic (exact) mass is 236 g/mol. The molecule has 0 spiro atoms. The molecule has 0 N–H and O–H groups in total. The number of nitrogens with zero attached hydrogens (tertiary/aromatic N) is 2. The van der Waals surface area contributed by atoms with Gasteiger partial charge in [-0.3, -0.25) is 4.90 Å². The fourth-order valence-electron chi connectivity index (χ4n) is 3.23. The van der Waals surface area contributed by atoms with Crippen molar-refractivity contribution in [1.29, 1.82) is 5.26 Å². The third-order valence-corrected chi connectivity index (χ3v) is 4.35. The van der Waals surface area contributed by atoms with Crippen LogP contribution >= 0.6 is 0 Å². The fourth-order valence-corrected chi connectivity index (χ4v) is 3.23. The minimum absolute atomic E-state index is 0.297. The van der Waals surface area contributed by atoms with Crippen LogP contribution in [0.25, 0.3) is 0 Å². The highest BCUT2D eigenvalue weighted by Gasteiger charge is 2.29. The molecule has 0 aromatic heterocycles. The van der Waals surface area contributed by atoms with Crippen molar-refractivity contribution >= 4 is 0 Å². The van der Waals surface area contributed by atoms with Gasteiger partial charge < -0.3 is 4.74 Å². The van der Waals surface area contributed by atoms with Gasteiger partial charge in [0.05, 0.1) is 12.7 Å². The van der Waals surface area contributed by atoms with Crippen LogP contribution in [0.15, 0.2) is 0 Å². The highest BCUT2D eigenvalue weighted by Crippen LogP contribution is 2.30. The van der Waals surface area contributed by atoms with Crippen LogP contribution in [-0.2, 0) is 4.74 Å². The van der Waals surface area contributed by atoms with Gasteiger partial charge in [-0.25, -0.2) is 0 Å². The second kappa shape index (κ2) is 6.37. The predicted molar refractivity (Wildman–Crippen MR) is 67.5 cm³/mol. The SMILES string of the molecule is CC1CCC(C#N)CCC1N1CCCOCC1. The minimum Gasteiger partial charge on any atom is -0.380 e. The standard InChI is InChI=1S/C14H24N2O/c1-12-3-4-13(11-15)5-6-14(12)16-7-2-9-17-10-8-16/h12-14H,2-10H2,1H3. The molecule has 2 rings (SSSR count). The van der Waals surface area contributed by atoms with Crippen molar-refractivity contribution in [3.8, 4) is 6.07 Å². The van der Waals surface area contributed by atoms with Crippen LogP contribution in [0.5, 0.6) is 0 Å². The molecule has 0 radical (unpaired) electrons.